The molecule has 0 spiro atoms. The van der Waals surface area contributed by atoms with E-state index in [1.54, 1.807) is 0 Å². The van der Waals surface area contributed by atoms with Crippen LogP contribution in [-0.2, 0) is 13.1 Å². The Labute approximate surface area is 121 Å². The average molecular weight is 286 g/mol. The molecule has 0 atom stereocenters. The van der Waals surface area contributed by atoms with Gasteiger partial charge in [-0.3, -0.25) is 4.90 Å². The molecular formula is C16H15FN2O2. The summed E-state index contributed by atoms with van der Waals surface area (Å²) in [4.78, 5) is 13.2. The summed E-state index contributed by atoms with van der Waals surface area (Å²) in [5.74, 6) is -1.72. The van der Waals surface area contributed by atoms with Gasteiger partial charge >= 0.3 is 5.97 Å². The van der Waals surface area contributed by atoms with E-state index >= 15 is 0 Å². The van der Waals surface area contributed by atoms with Gasteiger partial charge in [-0.2, -0.15) is 0 Å². The van der Waals surface area contributed by atoms with Crippen molar-refractivity contribution in [2.24, 2.45) is 0 Å². The van der Waals surface area contributed by atoms with Crippen molar-refractivity contribution in [1.82, 2.24) is 4.90 Å². The highest BCUT2D eigenvalue weighted by atomic mass is 19.1. The average Bonchev–Trinajstić information content (AvgIpc) is 2.77. The fraction of sp³-hybridized carbons (Fsp3) is 0.188. The molecule has 0 amide bonds. The zero-order valence-corrected chi connectivity index (χ0v) is 11.6. The number of carbonyl (C=O) groups is 1. The number of hydrogen-bond donors (Lipinski definition) is 2. The van der Waals surface area contributed by atoms with E-state index in [0.29, 0.717) is 5.69 Å². The van der Waals surface area contributed by atoms with Gasteiger partial charge in [0.25, 0.3) is 0 Å². The SMILES string of the molecule is CN1Cc2ccc(Nc3cc(F)cc(C(=O)O)c3)cc2C1. The van der Waals surface area contributed by atoms with Gasteiger partial charge in [0.05, 0.1) is 5.56 Å². The molecule has 2 N–H and O–H groups in total. The second-order valence-electron chi connectivity index (χ2n) is 5.31. The lowest BCUT2D eigenvalue weighted by atomic mass is 10.1. The first-order valence-electron chi connectivity index (χ1n) is 6.62. The highest BCUT2D eigenvalue weighted by Crippen LogP contribution is 2.27. The summed E-state index contributed by atoms with van der Waals surface area (Å²) in [5, 5.41) is 12.0. The summed E-state index contributed by atoms with van der Waals surface area (Å²) < 4.78 is 13.5. The smallest absolute Gasteiger partial charge is 0.335 e. The topological polar surface area (TPSA) is 52.6 Å². The van der Waals surface area contributed by atoms with Crippen molar-refractivity contribution in [2.75, 3.05) is 12.4 Å². The number of benzene rings is 2. The van der Waals surface area contributed by atoms with Gasteiger partial charge in [0.15, 0.2) is 0 Å². The van der Waals surface area contributed by atoms with E-state index in [9.17, 15) is 9.18 Å². The van der Waals surface area contributed by atoms with Crippen LogP contribution in [0.3, 0.4) is 0 Å². The lowest BCUT2D eigenvalue weighted by Gasteiger charge is -2.09. The van der Waals surface area contributed by atoms with E-state index in [1.807, 2.05) is 18.2 Å². The lowest BCUT2D eigenvalue weighted by Crippen LogP contribution is -2.07. The Morgan fingerprint density at radius 3 is 2.67 bits per heavy atom. The van der Waals surface area contributed by atoms with E-state index in [1.165, 1.54) is 23.3 Å². The molecular weight excluding hydrogens is 271 g/mol. The summed E-state index contributed by atoms with van der Waals surface area (Å²) in [5.41, 5.74) is 3.70. The van der Waals surface area contributed by atoms with Crippen LogP contribution in [0.1, 0.15) is 21.5 Å². The molecule has 4 nitrogen and oxygen atoms in total. The molecule has 0 saturated carbocycles. The van der Waals surface area contributed by atoms with Crippen molar-refractivity contribution < 1.29 is 14.3 Å². The second-order valence-corrected chi connectivity index (χ2v) is 5.31. The molecule has 2 aromatic carbocycles. The third-order valence-electron chi connectivity index (χ3n) is 3.52. The van der Waals surface area contributed by atoms with E-state index in [4.69, 9.17) is 5.11 Å². The second kappa shape index (κ2) is 5.18. The first-order chi connectivity index (χ1) is 10.0. The molecule has 21 heavy (non-hydrogen) atoms. The summed E-state index contributed by atoms with van der Waals surface area (Å²) in [7, 11) is 2.05. The number of carboxylic acids is 1. The Hall–Kier alpha value is -2.40. The number of rotatable bonds is 3. The molecule has 0 fully saturated rings. The predicted molar refractivity (Wildman–Crippen MR) is 78.3 cm³/mol. The van der Waals surface area contributed by atoms with Crippen LogP contribution < -0.4 is 5.32 Å². The van der Waals surface area contributed by atoms with Crippen molar-refractivity contribution in [3.8, 4) is 0 Å². The molecule has 0 bridgehead atoms. The van der Waals surface area contributed by atoms with E-state index in [0.717, 1.165) is 24.8 Å². The summed E-state index contributed by atoms with van der Waals surface area (Å²) in [6, 6.07) is 9.69. The van der Waals surface area contributed by atoms with Crippen molar-refractivity contribution in [3.05, 3.63) is 58.9 Å². The van der Waals surface area contributed by atoms with Crippen LogP contribution in [0.15, 0.2) is 36.4 Å². The molecule has 0 saturated heterocycles. The highest BCUT2D eigenvalue weighted by molar-refractivity contribution is 5.89. The van der Waals surface area contributed by atoms with Crippen molar-refractivity contribution in [2.45, 2.75) is 13.1 Å². The van der Waals surface area contributed by atoms with E-state index in [-0.39, 0.29) is 5.56 Å². The lowest BCUT2D eigenvalue weighted by molar-refractivity contribution is 0.0696. The molecule has 2 aromatic rings. The Bertz CT molecular complexity index is 715. The molecule has 0 unspecified atom stereocenters. The Morgan fingerprint density at radius 2 is 1.90 bits per heavy atom. The zero-order chi connectivity index (χ0) is 15.0. The third kappa shape index (κ3) is 2.87. The predicted octanol–water partition coefficient (Wildman–Crippen LogP) is 3.21. The standard InChI is InChI=1S/C16H15FN2O2/c1-19-8-10-2-3-14(6-12(10)9-19)18-15-5-11(16(20)21)4-13(17)7-15/h2-7,18H,8-9H2,1H3,(H,20,21). The maximum absolute atomic E-state index is 13.5. The van der Waals surface area contributed by atoms with Gasteiger partial charge in [0.2, 0.25) is 0 Å². The number of fused-ring (bicyclic) bond motifs is 1. The van der Waals surface area contributed by atoms with Crippen LogP contribution in [0.5, 0.6) is 0 Å². The van der Waals surface area contributed by atoms with Crippen molar-refractivity contribution in [1.29, 1.82) is 0 Å². The largest absolute Gasteiger partial charge is 0.478 e. The quantitative estimate of drug-likeness (QED) is 0.909. The van der Waals surface area contributed by atoms with E-state index in [2.05, 4.69) is 17.3 Å². The van der Waals surface area contributed by atoms with Gasteiger partial charge in [-0.1, -0.05) is 6.07 Å². The minimum Gasteiger partial charge on any atom is -0.478 e. The summed E-state index contributed by atoms with van der Waals surface area (Å²) in [6.07, 6.45) is 0. The summed E-state index contributed by atoms with van der Waals surface area (Å²) in [6.45, 7) is 1.81. The molecule has 1 aliphatic rings. The Morgan fingerprint density at radius 1 is 1.14 bits per heavy atom. The Balaban J connectivity index is 1.87. The number of hydrogen-bond acceptors (Lipinski definition) is 3. The molecule has 0 radical (unpaired) electrons. The van der Waals surface area contributed by atoms with Gasteiger partial charge in [-0.25, -0.2) is 9.18 Å². The first kappa shape index (κ1) is 13.6. The number of nitrogens with zero attached hydrogens (tertiary/aromatic N) is 1. The fourth-order valence-electron chi connectivity index (χ4n) is 2.59. The van der Waals surface area contributed by atoms with Crippen molar-refractivity contribution >= 4 is 17.3 Å². The number of carboxylic acid groups (broad SMARTS) is 1. The van der Waals surface area contributed by atoms with Gasteiger partial charge < -0.3 is 10.4 Å². The highest BCUT2D eigenvalue weighted by Gasteiger charge is 2.15. The molecule has 0 aromatic heterocycles. The normalized spacial score (nSPS) is 14.0. The third-order valence-corrected chi connectivity index (χ3v) is 3.52. The molecule has 0 aliphatic carbocycles. The zero-order valence-electron chi connectivity index (χ0n) is 11.6. The van der Waals surface area contributed by atoms with Crippen molar-refractivity contribution in [3.63, 3.8) is 0 Å². The maximum Gasteiger partial charge on any atom is 0.335 e. The molecule has 1 heterocycles. The van der Waals surface area contributed by atoms with Gasteiger partial charge in [0, 0.05) is 24.5 Å². The van der Waals surface area contributed by atoms with Crippen LogP contribution in [0.4, 0.5) is 15.8 Å². The van der Waals surface area contributed by atoms with E-state index < -0.39 is 11.8 Å². The number of halogens is 1. The minimum absolute atomic E-state index is 0.0709. The van der Waals surface area contributed by atoms with Crippen LogP contribution in [0.2, 0.25) is 0 Å². The molecule has 5 heteroatoms. The monoisotopic (exact) mass is 286 g/mol. The number of nitrogens with one attached hydrogen (secondary N) is 1. The number of aromatic carboxylic acids is 1. The Kier molecular flexibility index (Phi) is 3.35. The van der Waals surface area contributed by atoms with Gasteiger partial charge in [-0.15, -0.1) is 0 Å². The maximum atomic E-state index is 13.5. The van der Waals surface area contributed by atoms with Crippen LogP contribution in [0, 0.1) is 5.82 Å². The fourth-order valence-corrected chi connectivity index (χ4v) is 2.59. The van der Waals surface area contributed by atoms with Crippen LogP contribution >= 0.6 is 0 Å². The van der Waals surface area contributed by atoms with Gasteiger partial charge in [-0.05, 0) is 48.5 Å². The first-order valence-corrected chi connectivity index (χ1v) is 6.62. The molecule has 108 valence electrons. The minimum atomic E-state index is -1.15. The summed E-state index contributed by atoms with van der Waals surface area (Å²) >= 11 is 0. The number of anilines is 2. The molecule has 1 aliphatic heterocycles. The molecule has 3 rings (SSSR count). The van der Waals surface area contributed by atoms with Crippen LogP contribution in [0.25, 0.3) is 0 Å². The van der Waals surface area contributed by atoms with Crippen LogP contribution in [-0.4, -0.2) is 23.0 Å². The van der Waals surface area contributed by atoms with Gasteiger partial charge in [0.1, 0.15) is 5.82 Å².